The fourth-order valence-corrected chi connectivity index (χ4v) is 6.23. The van der Waals surface area contributed by atoms with E-state index < -0.39 is 6.10 Å². The second-order valence-electron chi connectivity index (χ2n) is 16.3. The molecule has 0 aliphatic carbocycles. The maximum atomic E-state index is 12.8. The van der Waals surface area contributed by atoms with Gasteiger partial charge in [-0.2, -0.15) is 0 Å². The normalized spacial score (nSPS) is 13.4. The number of ether oxygens (including phenoxy) is 3. The van der Waals surface area contributed by atoms with Crippen molar-refractivity contribution >= 4 is 17.9 Å². The van der Waals surface area contributed by atoms with E-state index in [0.717, 1.165) is 135 Å². The Hall–Kier alpha value is -4.97. The molecule has 0 spiro atoms. The fourth-order valence-electron chi connectivity index (χ4n) is 6.23. The van der Waals surface area contributed by atoms with Crippen LogP contribution in [0.3, 0.4) is 0 Å². The molecular weight excluding hydrogens is 829 g/mol. The molecule has 0 aliphatic rings. The number of rotatable bonds is 44. The molecule has 0 saturated heterocycles. The van der Waals surface area contributed by atoms with Crippen LogP contribution in [-0.4, -0.2) is 37.2 Å². The lowest BCUT2D eigenvalue weighted by Gasteiger charge is -2.18. The highest BCUT2D eigenvalue weighted by molar-refractivity contribution is 5.71. The first-order valence-corrected chi connectivity index (χ1v) is 26.0. The smallest absolute Gasteiger partial charge is 0.306 e. The molecule has 0 heterocycles. The van der Waals surface area contributed by atoms with Crippen LogP contribution >= 0.6 is 0 Å². The highest BCUT2D eigenvalue weighted by Gasteiger charge is 2.19. The first-order valence-electron chi connectivity index (χ1n) is 26.0. The van der Waals surface area contributed by atoms with Crippen molar-refractivity contribution in [1.82, 2.24) is 0 Å². The van der Waals surface area contributed by atoms with Gasteiger partial charge in [0.25, 0.3) is 0 Å². The molecule has 6 heteroatoms. The van der Waals surface area contributed by atoms with Gasteiger partial charge in [-0.1, -0.05) is 198 Å². The SMILES string of the molecule is CCC=CCC=CCC=CCC=CCC=CCCCC(=O)OCC(COC(=O)CCCC=CCC=CCC=CCC=CCC=CCC)OC(=O)CCCCCCCC=CCC=CCC=CCC. The number of hydrogen-bond acceptors (Lipinski definition) is 6. The van der Waals surface area contributed by atoms with Gasteiger partial charge in [-0.3, -0.25) is 14.4 Å². The highest BCUT2D eigenvalue weighted by atomic mass is 16.6. The van der Waals surface area contributed by atoms with Gasteiger partial charge >= 0.3 is 17.9 Å². The zero-order valence-electron chi connectivity index (χ0n) is 42.3. The summed E-state index contributed by atoms with van der Waals surface area (Å²) in [7, 11) is 0. The Morgan fingerprint density at radius 1 is 0.299 bits per heavy atom. The maximum absolute atomic E-state index is 12.8. The summed E-state index contributed by atoms with van der Waals surface area (Å²) in [6.45, 7) is 6.15. The van der Waals surface area contributed by atoms with Gasteiger partial charge in [-0.15, -0.1) is 0 Å². The first-order chi connectivity index (χ1) is 33.0. The molecule has 6 nitrogen and oxygen atoms in total. The van der Waals surface area contributed by atoms with Gasteiger partial charge in [0, 0.05) is 19.3 Å². The summed E-state index contributed by atoms with van der Waals surface area (Å²) in [5.41, 5.74) is 0. The van der Waals surface area contributed by atoms with Crippen LogP contribution in [0.2, 0.25) is 0 Å². The highest BCUT2D eigenvalue weighted by Crippen LogP contribution is 2.11. The first kappa shape index (κ1) is 62.0. The fraction of sp³-hybridized carbons (Fsp3) is 0.525. The number of esters is 3. The van der Waals surface area contributed by atoms with Gasteiger partial charge in [0.2, 0.25) is 0 Å². The van der Waals surface area contributed by atoms with Crippen molar-refractivity contribution in [2.24, 2.45) is 0 Å². The van der Waals surface area contributed by atoms with Gasteiger partial charge in [0.1, 0.15) is 13.2 Å². The zero-order valence-corrected chi connectivity index (χ0v) is 42.3. The van der Waals surface area contributed by atoms with Gasteiger partial charge in [0.05, 0.1) is 0 Å². The average Bonchev–Trinajstić information content (AvgIpc) is 3.33. The van der Waals surface area contributed by atoms with Crippen molar-refractivity contribution in [2.75, 3.05) is 13.2 Å². The van der Waals surface area contributed by atoms with Crippen molar-refractivity contribution < 1.29 is 28.6 Å². The van der Waals surface area contributed by atoms with Crippen LogP contribution in [0, 0.1) is 0 Å². The number of allylic oxidation sites excluding steroid dienone is 26. The van der Waals surface area contributed by atoms with E-state index in [2.05, 4.69) is 179 Å². The van der Waals surface area contributed by atoms with E-state index in [1.54, 1.807) is 0 Å². The molecule has 0 aromatic rings. The summed E-state index contributed by atoms with van der Waals surface area (Å²) in [5, 5.41) is 0. The lowest BCUT2D eigenvalue weighted by Crippen LogP contribution is -2.30. The molecule has 372 valence electrons. The van der Waals surface area contributed by atoms with Crippen molar-refractivity contribution in [2.45, 2.75) is 194 Å². The molecule has 0 radical (unpaired) electrons. The largest absolute Gasteiger partial charge is 0.462 e. The summed E-state index contributed by atoms with van der Waals surface area (Å²) < 4.78 is 16.7. The van der Waals surface area contributed by atoms with E-state index in [-0.39, 0.29) is 50.4 Å². The summed E-state index contributed by atoms with van der Waals surface area (Å²) in [5.74, 6) is -1.08. The molecule has 0 fully saturated rings. The molecule has 0 unspecified atom stereocenters. The number of unbranched alkanes of at least 4 members (excludes halogenated alkanes) is 7. The maximum Gasteiger partial charge on any atom is 0.306 e. The van der Waals surface area contributed by atoms with Crippen LogP contribution < -0.4 is 0 Å². The molecule has 0 bridgehead atoms. The zero-order chi connectivity index (χ0) is 48.6. The lowest BCUT2D eigenvalue weighted by atomic mass is 10.1. The minimum atomic E-state index is -0.841. The van der Waals surface area contributed by atoms with Crippen molar-refractivity contribution in [1.29, 1.82) is 0 Å². The molecule has 0 atom stereocenters. The Morgan fingerprint density at radius 3 is 0.881 bits per heavy atom. The van der Waals surface area contributed by atoms with Crippen LogP contribution in [-0.2, 0) is 28.6 Å². The van der Waals surface area contributed by atoms with E-state index in [0.29, 0.717) is 12.8 Å². The molecule has 0 N–H and O–H groups in total. The summed E-state index contributed by atoms with van der Waals surface area (Å²) in [6.07, 6.45) is 78.1. The summed E-state index contributed by atoms with van der Waals surface area (Å²) >= 11 is 0. The minimum absolute atomic E-state index is 0.140. The second kappa shape index (κ2) is 53.6. The van der Waals surface area contributed by atoms with Crippen molar-refractivity contribution in [3.8, 4) is 0 Å². The third-order valence-electron chi connectivity index (χ3n) is 10.0. The van der Waals surface area contributed by atoms with Crippen LogP contribution in [0.25, 0.3) is 0 Å². The Morgan fingerprint density at radius 2 is 0.552 bits per heavy atom. The second-order valence-corrected chi connectivity index (χ2v) is 16.3. The Kier molecular flexibility index (Phi) is 49.7. The number of carbonyl (C=O) groups excluding carboxylic acids is 3. The molecule has 0 aromatic heterocycles. The van der Waals surface area contributed by atoms with Crippen molar-refractivity contribution in [3.63, 3.8) is 0 Å². The van der Waals surface area contributed by atoms with Crippen LogP contribution in [0.5, 0.6) is 0 Å². The lowest BCUT2D eigenvalue weighted by molar-refractivity contribution is -0.167. The minimum Gasteiger partial charge on any atom is -0.462 e. The van der Waals surface area contributed by atoms with E-state index in [1.807, 2.05) is 0 Å². The van der Waals surface area contributed by atoms with Crippen LogP contribution in [0.1, 0.15) is 188 Å². The average molecular weight is 921 g/mol. The predicted octanol–water partition coefficient (Wildman–Crippen LogP) is 17.4. The Balaban J connectivity index is 4.63. The Labute approximate surface area is 409 Å². The molecule has 67 heavy (non-hydrogen) atoms. The van der Waals surface area contributed by atoms with Crippen LogP contribution in [0.15, 0.2) is 158 Å². The van der Waals surface area contributed by atoms with Gasteiger partial charge in [-0.25, -0.2) is 0 Å². The van der Waals surface area contributed by atoms with Crippen molar-refractivity contribution in [3.05, 3.63) is 158 Å². The van der Waals surface area contributed by atoms with Gasteiger partial charge < -0.3 is 14.2 Å². The number of hydrogen-bond donors (Lipinski definition) is 0. The third-order valence-corrected chi connectivity index (χ3v) is 10.0. The van der Waals surface area contributed by atoms with Gasteiger partial charge in [0.15, 0.2) is 6.10 Å². The van der Waals surface area contributed by atoms with Gasteiger partial charge in [-0.05, 0) is 128 Å². The quantitative estimate of drug-likeness (QED) is 0.0262. The molecule has 0 saturated carbocycles. The molecule has 0 aliphatic heterocycles. The molecule has 0 amide bonds. The Bertz CT molecular complexity index is 1490. The van der Waals surface area contributed by atoms with E-state index >= 15 is 0 Å². The van der Waals surface area contributed by atoms with E-state index in [9.17, 15) is 14.4 Å². The third kappa shape index (κ3) is 51.9. The molecule has 0 rings (SSSR count). The molecule has 0 aromatic carbocycles. The van der Waals surface area contributed by atoms with Crippen LogP contribution in [0.4, 0.5) is 0 Å². The summed E-state index contributed by atoms with van der Waals surface area (Å²) in [6, 6.07) is 0. The monoisotopic (exact) mass is 921 g/mol. The molecular formula is C61H92O6. The number of carbonyl (C=O) groups is 3. The van der Waals surface area contributed by atoms with E-state index in [1.165, 1.54) is 0 Å². The predicted molar refractivity (Wildman–Crippen MR) is 288 cm³/mol. The summed E-state index contributed by atoms with van der Waals surface area (Å²) in [4.78, 5) is 38.0. The topological polar surface area (TPSA) is 78.9 Å². The standard InChI is InChI=1S/C61H92O6/c1-4-7-10-13-16-19-22-25-28-30-33-35-38-41-44-47-50-53-59(62)65-56-58(67-61(64)55-52-49-46-43-40-37-32-27-24-21-18-15-12-9-6-3)57-66-60(63)54-51-48-45-42-39-36-34-31-29-26-23-20-17-14-11-8-5-2/h7-12,16-21,25-29,32-36,41-42,44-45,58H,4-6,13-15,22-24,30-31,37-40,43,46-57H2,1-3H3. The van der Waals surface area contributed by atoms with E-state index in [4.69, 9.17) is 14.2 Å².